The third-order valence-corrected chi connectivity index (χ3v) is 3.33. The van der Waals surface area contributed by atoms with E-state index in [1.54, 1.807) is 0 Å². The monoisotopic (exact) mass is 348 g/mol. The molecule has 1 atom stereocenters. The standard InChI is InChI=1S/C11H10ClIN2O/c1-2-9(12)10-14-11(16-15-10)7-4-3-5-8(13)6-7/h3-6,9H,2H2,1H3. The van der Waals surface area contributed by atoms with E-state index in [0.717, 1.165) is 15.6 Å². The summed E-state index contributed by atoms with van der Waals surface area (Å²) in [6, 6.07) is 7.90. The maximum Gasteiger partial charge on any atom is 0.258 e. The predicted octanol–water partition coefficient (Wildman–Crippen LogP) is 4.03. The molecule has 1 heterocycles. The van der Waals surface area contributed by atoms with Crippen molar-refractivity contribution in [3.8, 4) is 11.5 Å². The summed E-state index contributed by atoms with van der Waals surface area (Å²) in [5, 5.41) is 3.69. The van der Waals surface area contributed by atoms with Gasteiger partial charge in [0.1, 0.15) is 0 Å². The average Bonchev–Trinajstić information content (AvgIpc) is 2.77. The lowest BCUT2D eigenvalue weighted by atomic mass is 10.2. The van der Waals surface area contributed by atoms with Gasteiger partial charge in [0, 0.05) is 9.13 Å². The highest BCUT2D eigenvalue weighted by Crippen LogP contribution is 2.25. The van der Waals surface area contributed by atoms with Gasteiger partial charge in [0.15, 0.2) is 5.82 Å². The van der Waals surface area contributed by atoms with Crippen molar-refractivity contribution in [1.29, 1.82) is 0 Å². The number of hydrogen-bond donors (Lipinski definition) is 0. The van der Waals surface area contributed by atoms with Crippen LogP contribution in [-0.2, 0) is 0 Å². The van der Waals surface area contributed by atoms with Crippen LogP contribution in [0.4, 0.5) is 0 Å². The molecule has 0 N–H and O–H groups in total. The van der Waals surface area contributed by atoms with Gasteiger partial charge in [-0.3, -0.25) is 0 Å². The summed E-state index contributed by atoms with van der Waals surface area (Å²) in [6.45, 7) is 1.99. The Balaban J connectivity index is 2.31. The Bertz CT molecular complexity index is 486. The number of rotatable bonds is 3. The van der Waals surface area contributed by atoms with Gasteiger partial charge >= 0.3 is 0 Å². The van der Waals surface area contributed by atoms with Crippen molar-refractivity contribution in [3.05, 3.63) is 33.7 Å². The first kappa shape index (κ1) is 11.9. The van der Waals surface area contributed by atoms with E-state index in [9.17, 15) is 0 Å². The largest absolute Gasteiger partial charge is 0.334 e. The summed E-state index contributed by atoms with van der Waals surface area (Å²) in [4.78, 5) is 4.28. The molecule has 0 saturated carbocycles. The van der Waals surface area contributed by atoms with Gasteiger partial charge in [-0.25, -0.2) is 0 Å². The molecule has 0 fully saturated rings. The SMILES string of the molecule is CCC(Cl)c1noc(-c2cccc(I)c2)n1. The molecule has 2 rings (SSSR count). The Labute approximate surface area is 112 Å². The Morgan fingerprint density at radius 1 is 1.50 bits per heavy atom. The molecule has 1 aromatic carbocycles. The first-order chi connectivity index (χ1) is 7.70. The molecule has 0 aliphatic rings. The van der Waals surface area contributed by atoms with E-state index in [1.807, 2.05) is 31.2 Å². The minimum absolute atomic E-state index is 0.180. The van der Waals surface area contributed by atoms with E-state index in [2.05, 4.69) is 32.7 Å². The van der Waals surface area contributed by atoms with E-state index >= 15 is 0 Å². The molecule has 0 saturated heterocycles. The second kappa shape index (κ2) is 5.14. The smallest absolute Gasteiger partial charge is 0.258 e. The summed E-state index contributed by atoms with van der Waals surface area (Å²) in [7, 11) is 0. The molecule has 3 nitrogen and oxygen atoms in total. The molecule has 0 bridgehead atoms. The molecule has 2 aromatic rings. The molecule has 0 aliphatic carbocycles. The van der Waals surface area contributed by atoms with Gasteiger partial charge in [-0.1, -0.05) is 18.1 Å². The molecule has 0 aliphatic heterocycles. The maximum atomic E-state index is 6.04. The quantitative estimate of drug-likeness (QED) is 0.621. The summed E-state index contributed by atoms with van der Waals surface area (Å²) >= 11 is 8.28. The lowest BCUT2D eigenvalue weighted by Crippen LogP contribution is -1.90. The lowest BCUT2D eigenvalue weighted by Gasteiger charge is -1.96. The number of hydrogen-bond acceptors (Lipinski definition) is 3. The molecule has 84 valence electrons. The van der Waals surface area contributed by atoms with Gasteiger partial charge in [0.25, 0.3) is 5.89 Å². The van der Waals surface area contributed by atoms with Gasteiger partial charge in [0.2, 0.25) is 0 Å². The van der Waals surface area contributed by atoms with Crippen LogP contribution in [0.3, 0.4) is 0 Å². The molecule has 0 spiro atoms. The van der Waals surface area contributed by atoms with E-state index in [1.165, 1.54) is 0 Å². The molecule has 1 unspecified atom stereocenters. The van der Waals surface area contributed by atoms with Gasteiger partial charge < -0.3 is 4.52 Å². The first-order valence-electron chi connectivity index (χ1n) is 4.94. The number of nitrogens with zero attached hydrogens (tertiary/aromatic N) is 2. The van der Waals surface area contributed by atoms with Crippen molar-refractivity contribution in [2.24, 2.45) is 0 Å². The third kappa shape index (κ3) is 2.55. The van der Waals surface area contributed by atoms with Gasteiger partial charge in [-0.2, -0.15) is 4.98 Å². The van der Waals surface area contributed by atoms with Gasteiger partial charge in [-0.15, -0.1) is 11.6 Å². The fraction of sp³-hybridized carbons (Fsp3) is 0.273. The van der Waals surface area contributed by atoms with Crippen LogP contribution in [0, 0.1) is 3.57 Å². The van der Waals surface area contributed by atoms with E-state index in [-0.39, 0.29) is 5.38 Å². The van der Waals surface area contributed by atoms with Gasteiger partial charge in [-0.05, 0) is 47.2 Å². The van der Waals surface area contributed by atoms with Crippen molar-refractivity contribution in [2.45, 2.75) is 18.7 Å². The van der Waals surface area contributed by atoms with Crippen molar-refractivity contribution < 1.29 is 4.52 Å². The number of benzene rings is 1. The Hall–Kier alpha value is -0.620. The molecule has 1 aromatic heterocycles. The summed E-state index contributed by atoms with van der Waals surface area (Å²) in [5.74, 6) is 1.07. The zero-order chi connectivity index (χ0) is 11.5. The highest BCUT2D eigenvalue weighted by molar-refractivity contribution is 14.1. The second-order valence-corrected chi connectivity index (χ2v) is 5.12. The summed E-state index contributed by atoms with van der Waals surface area (Å²) in [5.41, 5.74) is 0.922. The fourth-order valence-corrected chi connectivity index (χ4v) is 1.92. The Morgan fingerprint density at radius 3 is 3.00 bits per heavy atom. The van der Waals surface area contributed by atoms with Crippen LogP contribution in [0.25, 0.3) is 11.5 Å². The van der Waals surface area contributed by atoms with Gasteiger partial charge in [0.05, 0.1) is 5.38 Å². The fourth-order valence-electron chi connectivity index (χ4n) is 1.28. The number of halogens is 2. The van der Waals surface area contributed by atoms with E-state index in [4.69, 9.17) is 16.1 Å². The highest BCUT2D eigenvalue weighted by Gasteiger charge is 2.14. The highest BCUT2D eigenvalue weighted by atomic mass is 127. The van der Waals surface area contributed by atoms with Crippen LogP contribution in [-0.4, -0.2) is 10.1 Å². The minimum Gasteiger partial charge on any atom is -0.334 e. The summed E-state index contributed by atoms with van der Waals surface area (Å²) in [6.07, 6.45) is 0.785. The van der Waals surface area contributed by atoms with Crippen LogP contribution in [0.15, 0.2) is 28.8 Å². The predicted molar refractivity (Wildman–Crippen MR) is 71.3 cm³/mol. The van der Waals surface area contributed by atoms with Crippen molar-refractivity contribution >= 4 is 34.2 Å². The molecule has 5 heteroatoms. The average molecular weight is 349 g/mol. The molecule has 0 radical (unpaired) electrons. The summed E-state index contributed by atoms with van der Waals surface area (Å²) < 4.78 is 6.31. The molecule has 16 heavy (non-hydrogen) atoms. The number of alkyl halides is 1. The zero-order valence-electron chi connectivity index (χ0n) is 8.65. The van der Waals surface area contributed by atoms with Crippen molar-refractivity contribution in [2.75, 3.05) is 0 Å². The second-order valence-electron chi connectivity index (χ2n) is 3.34. The lowest BCUT2D eigenvalue weighted by molar-refractivity contribution is 0.421. The maximum absolute atomic E-state index is 6.04. The van der Waals surface area contributed by atoms with Crippen molar-refractivity contribution in [3.63, 3.8) is 0 Å². The van der Waals surface area contributed by atoms with E-state index < -0.39 is 0 Å². The first-order valence-corrected chi connectivity index (χ1v) is 6.46. The topological polar surface area (TPSA) is 38.9 Å². The molecule has 0 amide bonds. The molecular weight excluding hydrogens is 338 g/mol. The Morgan fingerprint density at radius 2 is 2.31 bits per heavy atom. The van der Waals surface area contributed by atoms with E-state index in [0.29, 0.717) is 11.7 Å². The van der Waals surface area contributed by atoms with Crippen LogP contribution in [0.2, 0.25) is 0 Å². The molecular formula is C11H10ClIN2O. The Kier molecular flexibility index (Phi) is 3.81. The van der Waals surface area contributed by atoms with Crippen molar-refractivity contribution in [1.82, 2.24) is 10.1 Å². The van der Waals surface area contributed by atoms with Crippen LogP contribution < -0.4 is 0 Å². The van der Waals surface area contributed by atoms with Crippen LogP contribution in [0.5, 0.6) is 0 Å². The zero-order valence-corrected chi connectivity index (χ0v) is 11.6. The number of aromatic nitrogens is 2. The van der Waals surface area contributed by atoms with Crippen LogP contribution in [0.1, 0.15) is 24.5 Å². The minimum atomic E-state index is -0.180. The normalized spacial score (nSPS) is 12.7. The third-order valence-electron chi connectivity index (χ3n) is 2.15. The van der Waals surface area contributed by atoms with Crippen LogP contribution >= 0.6 is 34.2 Å².